The molecule has 2 rings (SSSR count). The monoisotopic (exact) mass is 386 g/mol. The maximum atomic E-state index is 12.4. The third-order valence-electron chi connectivity index (χ3n) is 3.89. The van der Waals surface area contributed by atoms with Crippen molar-refractivity contribution in [3.05, 3.63) is 33.8 Å². The lowest BCUT2D eigenvalue weighted by Crippen LogP contribution is -2.46. The van der Waals surface area contributed by atoms with Crippen molar-refractivity contribution in [3.63, 3.8) is 0 Å². The lowest BCUT2D eigenvalue weighted by Gasteiger charge is -2.33. The van der Waals surface area contributed by atoms with Crippen LogP contribution in [0.3, 0.4) is 0 Å². The number of likely N-dealkylation sites (tertiary alicyclic amines) is 1. The fourth-order valence-electron chi connectivity index (χ4n) is 2.67. The van der Waals surface area contributed by atoms with Crippen LogP contribution in [-0.2, 0) is 16.1 Å². The molecule has 1 saturated heterocycles. The van der Waals surface area contributed by atoms with Crippen LogP contribution in [0.5, 0.6) is 0 Å². The minimum atomic E-state index is -0.542. The van der Waals surface area contributed by atoms with Gasteiger partial charge in [0.25, 0.3) is 0 Å². The van der Waals surface area contributed by atoms with E-state index in [1.807, 2.05) is 26.8 Å². The largest absolute Gasteiger partial charge is 0.444 e. The van der Waals surface area contributed by atoms with Gasteiger partial charge in [-0.05, 0) is 51.3 Å². The highest BCUT2D eigenvalue weighted by atomic mass is 35.5. The summed E-state index contributed by atoms with van der Waals surface area (Å²) < 4.78 is 5.39. The third-order valence-corrected chi connectivity index (χ3v) is 4.63. The first-order chi connectivity index (χ1) is 11.7. The molecule has 138 valence electrons. The van der Waals surface area contributed by atoms with E-state index in [9.17, 15) is 9.59 Å². The molecule has 1 N–H and O–H groups in total. The van der Waals surface area contributed by atoms with Gasteiger partial charge in [-0.1, -0.05) is 29.3 Å². The van der Waals surface area contributed by atoms with Gasteiger partial charge in [0.2, 0.25) is 5.91 Å². The zero-order valence-corrected chi connectivity index (χ0v) is 16.3. The Morgan fingerprint density at radius 2 is 2.00 bits per heavy atom. The first-order valence-electron chi connectivity index (χ1n) is 8.35. The average molecular weight is 387 g/mol. The molecule has 25 heavy (non-hydrogen) atoms. The standard InChI is InChI=1S/C18H24Cl2N2O3/c1-18(2,3)25-17(24)22-8-4-5-13(11-22)16(23)21-10-12-6-7-14(19)15(20)9-12/h6-7,9,13H,4-5,8,10-11H2,1-3H3,(H,21,23)/t13-/m0/s1. The average Bonchev–Trinajstić information content (AvgIpc) is 2.54. The van der Waals surface area contributed by atoms with E-state index in [0.717, 1.165) is 18.4 Å². The molecule has 0 spiro atoms. The van der Waals surface area contributed by atoms with Crippen LogP contribution < -0.4 is 5.32 Å². The maximum absolute atomic E-state index is 12.4. The Balaban J connectivity index is 1.88. The molecule has 1 fully saturated rings. The number of piperidine rings is 1. The van der Waals surface area contributed by atoms with Crippen LogP contribution in [0.15, 0.2) is 18.2 Å². The molecule has 0 saturated carbocycles. The van der Waals surface area contributed by atoms with Crippen molar-refractivity contribution in [3.8, 4) is 0 Å². The molecule has 1 aliphatic heterocycles. The molecule has 1 heterocycles. The molecule has 1 aromatic rings. The number of carbonyl (C=O) groups is 2. The zero-order chi connectivity index (χ0) is 18.6. The fourth-order valence-corrected chi connectivity index (χ4v) is 2.99. The van der Waals surface area contributed by atoms with Gasteiger partial charge in [-0.3, -0.25) is 4.79 Å². The highest BCUT2D eigenvalue weighted by Gasteiger charge is 2.30. The number of nitrogens with zero attached hydrogens (tertiary/aromatic N) is 1. The number of ether oxygens (including phenoxy) is 1. The second kappa shape index (κ2) is 8.28. The van der Waals surface area contributed by atoms with Crippen LogP contribution in [0, 0.1) is 5.92 Å². The summed E-state index contributed by atoms with van der Waals surface area (Å²) >= 11 is 11.9. The minimum absolute atomic E-state index is 0.0701. The summed E-state index contributed by atoms with van der Waals surface area (Å²) in [6, 6.07) is 5.26. The number of amides is 2. The molecule has 0 aliphatic carbocycles. The van der Waals surface area contributed by atoms with Crippen molar-refractivity contribution in [1.29, 1.82) is 0 Å². The lowest BCUT2D eigenvalue weighted by molar-refractivity contribution is -0.126. The molecule has 0 aromatic heterocycles. The second-order valence-electron chi connectivity index (χ2n) is 7.23. The van der Waals surface area contributed by atoms with E-state index < -0.39 is 5.60 Å². The second-order valence-corrected chi connectivity index (χ2v) is 8.05. The van der Waals surface area contributed by atoms with E-state index in [4.69, 9.17) is 27.9 Å². The maximum Gasteiger partial charge on any atom is 0.410 e. The van der Waals surface area contributed by atoms with Gasteiger partial charge in [0.1, 0.15) is 5.60 Å². The lowest BCUT2D eigenvalue weighted by atomic mass is 9.97. The van der Waals surface area contributed by atoms with Gasteiger partial charge in [0.05, 0.1) is 16.0 Å². The summed E-state index contributed by atoms with van der Waals surface area (Å²) in [5.41, 5.74) is 0.336. The van der Waals surface area contributed by atoms with E-state index in [0.29, 0.717) is 29.7 Å². The van der Waals surface area contributed by atoms with Crippen molar-refractivity contribution in [2.45, 2.75) is 45.8 Å². The number of benzene rings is 1. The van der Waals surface area contributed by atoms with E-state index in [2.05, 4.69) is 5.32 Å². The Bertz CT molecular complexity index is 644. The van der Waals surface area contributed by atoms with Crippen LogP contribution in [0.1, 0.15) is 39.2 Å². The molecule has 1 atom stereocenters. The van der Waals surface area contributed by atoms with Crippen LogP contribution in [0.2, 0.25) is 10.0 Å². The Morgan fingerprint density at radius 3 is 2.64 bits per heavy atom. The SMILES string of the molecule is CC(C)(C)OC(=O)N1CCC[C@H](C(=O)NCc2ccc(Cl)c(Cl)c2)C1. The number of hydrogen-bond donors (Lipinski definition) is 1. The third kappa shape index (κ3) is 6.08. The molecule has 5 nitrogen and oxygen atoms in total. The van der Waals surface area contributed by atoms with Crippen molar-refractivity contribution in [2.24, 2.45) is 5.92 Å². The van der Waals surface area contributed by atoms with Crippen LogP contribution >= 0.6 is 23.2 Å². The summed E-state index contributed by atoms with van der Waals surface area (Å²) in [6.45, 7) is 6.86. The fraction of sp³-hybridized carbons (Fsp3) is 0.556. The zero-order valence-electron chi connectivity index (χ0n) is 14.8. The van der Waals surface area contributed by atoms with E-state index >= 15 is 0 Å². The first-order valence-corrected chi connectivity index (χ1v) is 9.11. The minimum Gasteiger partial charge on any atom is -0.444 e. The summed E-state index contributed by atoms with van der Waals surface area (Å²) in [6.07, 6.45) is 1.17. The van der Waals surface area contributed by atoms with Crippen LogP contribution in [0.25, 0.3) is 0 Å². The topological polar surface area (TPSA) is 58.6 Å². The van der Waals surface area contributed by atoms with Crippen LogP contribution in [-0.4, -0.2) is 35.6 Å². The molecular formula is C18H24Cl2N2O3. The smallest absolute Gasteiger partial charge is 0.410 e. The van der Waals surface area contributed by atoms with Gasteiger partial charge in [-0.15, -0.1) is 0 Å². The molecule has 0 unspecified atom stereocenters. The Morgan fingerprint density at radius 1 is 1.28 bits per heavy atom. The van der Waals surface area contributed by atoms with E-state index in [1.165, 1.54) is 0 Å². The van der Waals surface area contributed by atoms with Gasteiger partial charge >= 0.3 is 6.09 Å². The van der Waals surface area contributed by atoms with Gasteiger partial charge in [0, 0.05) is 19.6 Å². The molecule has 0 bridgehead atoms. The summed E-state index contributed by atoms with van der Waals surface area (Å²) in [5, 5.41) is 3.85. The highest BCUT2D eigenvalue weighted by Crippen LogP contribution is 2.23. The highest BCUT2D eigenvalue weighted by molar-refractivity contribution is 6.42. The van der Waals surface area contributed by atoms with Gasteiger partial charge in [0.15, 0.2) is 0 Å². The van der Waals surface area contributed by atoms with Gasteiger partial charge in [-0.25, -0.2) is 4.79 Å². The van der Waals surface area contributed by atoms with Crippen molar-refractivity contribution in [2.75, 3.05) is 13.1 Å². The van der Waals surface area contributed by atoms with Gasteiger partial charge < -0.3 is 15.0 Å². The Kier molecular flexibility index (Phi) is 6.58. The molecule has 1 aliphatic rings. The van der Waals surface area contributed by atoms with Crippen LogP contribution in [0.4, 0.5) is 4.79 Å². The van der Waals surface area contributed by atoms with Crippen molar-refractivity contribution >= 4 is 35.2 Å². The summed E-state index contributed by atoms with van der Waals surface area (Å²) in [7, 11) is 0. The molecule has 2 amide bonds. The molecule has 7 heteroatoms. The molecular weight excluding hydrogens is 363 g/mol. The van der Waals surface area contributed by atoms with Gasteiger partial charge in [-0.2, -0.15) is 0 Å². The number of carbonyl (C=O) groups excluding carboxylic acids is 2. The van der Waals surface area contributed by atoms with Crippen molar-refractivity contribution in [1.82, 2.24) is 10.2 Å². The quantitative estimate of drug-likeness (QED) is 0.843. The number of rotatable bonds is 3. The normalized spacial score (nSPS) is 18.0. The first kappa shape index (κ1) is 19.9. The summed E-state index contributed by atoms with van der Waals surface area (Å²) in [5.74, 6) is -0.302. The van der Waals surface area contributed by atoms with E-state index in [-0.39, 0.29) is 17.9 Å². The number of halogens is 2. The Labute approximate surface area is 158 Å². The predicted molar refractivity (Wildman–Crippen MR) is 98.8 cm³/mol. The number of nitrogens with one attached hydrogen (secondary N) is 1. The Hall–Kier alpha value is -1.46. The molecule has 1 aromatic carbocycles. The van der Waals surface area contributed by atoms with Crippen molar-refractivity contribution < 1.29 is 14.3 Å². The predicted octanol–water partition coefficient (Wildman–Crippen LogP) is 4.26. The summed E-state index contributed by atoms with van der Waals surface area (Å²) in [4.78, 5) is 26.2. The molecule has 0 radical (unpaired) electrons. The van der Waals surface area contributed by atoms with E-state index in [1.54, 1.807) is 17.0 Å². The number of hydrogen-bond acceptors (Lipinski definition) is 3.